The highest BCUT2D eigenvalue weighted by atomic mass is 16.2. The summed E-state index contributed by atoms with van der Waals surface area (Å²) in [5.41, 5.74) is 7.62. The third-order valence-electron chi connectivity index (χ3n) is 6.46. The van der Waals surface area contributed by atoms with Gasteiger partial charge in [0.1, 0.15) is 6.54 Å². The second-order valence-corrected chi connectivity index (χ2v) is 8.59. The molecule has 0 radical (unpaired) electrons. The van der Waals surface area contributed by atoms with Gasteiger partial charge in [0.25, 0.3) is 0 Å². The summed E-state index contributed by atoms with van der Waals surface area (Å²) in [6.45, 7) is 3.57. The molecule has 1 saturated heterocycles. The van der Waals surface area contributed by atoms with E-state index in [-0.39, 0.29) is 43.2 Å². The van der Waals surface area contributed by atoms with Crippen molar-refractivity contribution >= 4 is 17.7 Å². The Kier molecular flexibility index (Phi) is 8.03. The third kappa shape index (κ3) is 6.18. The number of hydrogen-bond acceptors (Lipinski definition) is 4. The van der Waals surface area contributed by atoms with Gasteiger partial charge in [-0.3, -0.25) is 19.1 Å². The largest absolute Gasteiger partial charge is 0.370 e. The minimum Gasteiger partial charge on any atom is -0.370 e. The first-order chi connectivity index (χ1) is 15.3. The predicted molar refractivity (Wildman–Crippen MR) is 121 cm³/mol. The highest BCUT2D eigenvalue weighted by Crippen LogP contribution is 2.28. The minimum atomic E-state index is -0.455. The van der Waals surface area contributed by atoms with Crippen LogP contribution in [0.5, 0.6) is 0 Å². The van der Waals surface area contributed by atoms with Crippen LogP contribution in [0.3, 0.4) is 0 Å². The van der Waals surface area contributed by atoms with Gasteiger partial charge in [-0.05, 0) is 49.3 Å². The van der Waals surface area contributed by atoms with Gasteiger partial charge in [0.15, 0.2) is 0 Å². The maximum absolute atomic E-state index is 13.0. The van der Waals surface area contributed by atoms with Crippen LogP contribution in [-0.4, -0.2) is 63.5 Å². The van der Waals surface area contributed by atoms with Crippen LogP contribution in [0.2, 0.25) is 0 Å². The molecule has 0 aliphatic carbocycles. The number of aryl methyl sites for hydroxylation is 1. The molecule has 2 heterocycles. The zero-order chi connectivity index (χ0) is 23.1. The Morgan fingerprint density at radius 3 is 2.50 bits per heavy atom. The molecule has 3 amide bonds. The van der Waals surface area contributed by atoms with Crippen LogP contribution in [0.1, 0.15) is 36.8 Å². The Bertz CT molecular complexity index is 919. The van der Waals surface area contributed by atoms with Crippen LogP contribution >= 0.6 is 0 Å². The summed E-state index contributed by atoms with van der Waals surface area (Å²) in [4.78, 5) is 40.1. The molecule has 0 saturated carbocycles. The number of nitrogens with zero attached hydrogens (tertiary/aromatic N) is 4. The van der Waals surface area contributed by atoms with Gasteiger partial charge < -0.3 is 15.5 Å². The molecule has 32 heavy (non-hydrogen) atoms. The Morgan fingerprint density at radius 1 is 1.16 bits per heavy atom. The van der Waals surface area contributed by atoms with Crippen LogP contribution in [0.25, 0.3) is 0 Å². The summed E-state index contributed by atoms with van der Waals surface area (Å²) in [6, 6.07) is 10.1. The van der Waals surface area contributed by atoms with Gasteiger partial charge in [0.2, 0.25) is 17.7 Å². The molecule has 1 aromatic heterocycles. The average molecular weight is 440 g/mol. The van der Waals surface area contributed by atoms with Crippen LogP contribution in [0.4, 0.5) is 0 Å². The molecule has 2 N–H and O–H groups in total. The van der Waals surface area contributed by atoms with Crippen LogP contribution in [0, 0.1) is 12.8 Å². The SMILES string of the molecule is Cc1ccccc1CC(C1CCN(C(=O)CCC(N)=O)CC1)N(C)C(=O)Cn1cccn1. The van der Waals surface area contributed by atoms with E-state index in [9.17, 15) is 14.4 Å². The van der Waals surface area contributed by atoms with Crippen LogP contribution in [-0.2, 0) is 27.3 Å². The van der Waals surface area contributed by atoms with E-state index in [1.807, 2.05) is 35.0 Å². The van der Waals surface area contributed by atoms with Crippen molar-refractivity contribution in [1.29, 1.82) is 0 Å². The highest BCUT2D eigenvalue weighted by Gasteiger charge is 2.33. The maximum Gasteiger partial charge on any atom is 0.244 e. The lowest BCUT2D eigenvalue weighted by Gasteiger charge is -2.40. The van der Waals surface area contributed by atoms with E-state index in [2.05, 4.69) is 24.2 Å². The van der Waals surface area contributed by atoms with Gasteiger partial charge in [0.05, 0.1) is 0 Å². The first kappa shape index (κ1) is 23.5. The normalized spacial score (nSPS) is 15.4. The molecule has 2 aromatic rings. The van der Waals surface area contributed by atoms with Crippen LogP contribution < -0.4 is 5.73 Å². The summed E-state index contributed by atoms with van der Waals surface area (Å²) in [7, 11) is 1.87. The quantitative estimate of drug-likeness (QED) is 0.643. The van der Waals surface area contributed by atoms with Crippen LogP contribution in [0.15, 0.2) is 42.7 Å². The van der Waals surface area contributed by atoms with E-state index in [4.69, 9.17) is 5.73 Å². The minimum absolute atomic E-state index is 0.0206. The fourth-order valence-electron chi connectivity index (χ4n) is 4.44. The fraction of sp³-hybridized carbons (Fsp3) is 0.500. The van der Waals surface area contributed by atoms with E-state index < -0.39 is 5.91 Å². The number of nitrogens with two attached hydrogens (primary N) is 1. The number of aromatic nitrogens is 2. The van der Waals surface area contributed by atoms with E-state index in [1.165, 1.54) is 11.1 Å². The van der Waals surface area contributed by atoms with Crippen molar-refractivity contribution in [3.63, 3.8) is 0 Å². The number of amides is 3. The first-order valence-corrected chi connectivity index (χ1v) is 11.2. The second kappa shape index (κ2) is 10.9. The number of likely N-dealkylation sites (tertiary alicyclic amines) is 1. The number of carbonyl (C=O) groups excluding carboxylic acids is 3. The van der Waals surface area contributed by atoms with Crippen molar-refractivity contribution in [1.82, 2.24) is 19.6 Å². The molecule has 1 aliphatic heterocycles. The Hall–Kier alpha value is -3.16. The first-order valence-electron chi connectivity index (χ1n) is 11.2. The molecule has 8 nitrogen and oxygen atoms in total. The molecule has 1 fully saturated rings. The van der Waals surface area contributed by atoms with Crippen molar-refractivity contribution in [2.75, 3.05) is 20.1 Å². The molecule has 1 aliphatic rings. The van der Waals surface area contributed by atoms with Crippen molar-refractivity contribution < 1.29 is 14.4 Å². The molecule has 0 bridgehead atoms. The van der Waals surface area contributed by atoms with E-state index in [0.717, 1.165) is 19.3 Å². The lowest BCUT2D eigenvalue weighted by Crippen LogP contribution is -2.49. The fourth-order valence-corrected chi connectivity index (χ4v) is 4.44. The van der Waals surface area contributed by atoms with Crippen molar-refractivity contribution in [3.8, 4) is 0 Å². The number of likely N-dealkylation sites (N-methyl/N-ethyl adjacent to an activating group) is 1. The average Bonchev–Trinajstić information content (AvgIpc) is 3.29. The smallest absolute Gasteiger partial charge is 0.244 e. The van der Waals surface area contributed by atoms with Gasteiger partial charge >= 0.3 is 0 Å². The number of piperidine rings is 1. The second-order valence-electron chi connectivity index (χ2n) is 8.59. The van der Waals surface area contributed by atoms with Crippen molar-refractivity contribution in [3.05, 3.63) is 53.9 Å². The number of carbonyl (C=O) groups is 3. The van der Waals surface area contributed by atoms with Gasteiger partial charge in [-0.2, -0.15) is 5.10 Å². The van der Waals surface area contributed by atoms with E-state index in [0.29, 0.717) is 13.1 Å². The summed E-state index contributed by atoms with van der Waals surface area (Å²) in [5.74, 6) is -0.182. The number of rotatable bonds is 9. The molecule has 3 rings (SSSR count). The lowest BCUT2D eigenvalue weighted by atomic mass is 9.84. The Balaban J connectivity index is 1.69. The molecule has 1 atom stereocenters. The molecule has 1 aromatic carbocycles. The topological polar surface area (TPSA) is 102 Å². The number of primary amides is 1. The summed E-state index contributed by atoms with van der Waals surface area (Å²) in [6.07, 6.45) is 6.11. The Labute approximate surface area is 189 Å². The molecular weight excluding hydrogens is 406 g/mol. The number of benzene rings is 1. The standard InChI is InChI=1S/C24H33N5O3/c1-18-6-3-4-7-20(18)16-21(27(2)24(32)17-29-13-5-12-26-29)19-10-14-28(15-11-19)23(31)9-8-22(25)30/h3-7,12-13,19,21H,8-11,14-17H2,1-2H3,(H2,25,30). The molecule has 172 valence electrons. The van der Waals surface area contributed by atoms with Crippen molar-refractivity contribution in [2.45, 2.75) is 51.6 Å². The van der Waals surface area contributed by atoms with E-state index in [1.54, 1.807) is 17.1 Å². The maximum atomic E-state index is 13.0. The summed E-state index contributed by atoms with van der Waals surface area (Å²) < 4.78 is 1.64. The summed E-state index contributed by atoms with van der Waals surface area (Å²) in [5, 5.41) is 4.16. The van der Waals surface area contributed by atoms with Gasteiger partial charge in [-0.1, -0.05) is 24.3 Å². The monoisotopic (exact) mass is 439 g/mol. The zero-order valence-corrected chi connectivity index (χ0v) is 18.9. The van der Waals surface area contributed by atoms with Gasteiger partial charge in [-0.25, -0.2) is 0 Å². The van der Waals surface area contributed by atoms with E-state index >= 15 is 0 Å². The third-order valence-corrected chi connectivity index (χ3v) is 6.46. The highest BCUT2D eigenvalue weighted by molar-refractivity contribution is 5.83. The zero-order valence-electron chi connectivity index (χ0n) is 18.9. The predicted octanol–water partition coefficient (Wildman–Crippen LogP) is 1.77. The summed E-state index contributed by atoms with van der Waals surface area (Å²) >= 11 is 0. The van der Waals surface area contributed by atoms with Crippen molar-refractivity contribution in [2.24, 2.45) is 11.7 Å². The van der Waals surface area contributed by atoms with Gasteiger partial charge in [-0.15, -0.1) is 0 Å². The Morgan fingerprint density at radius 2 is 1.88 bits per heavy atom. The molecule has 8 heteroatoms. The molecule has 0 spiro atoms. The lowest BCUT2D eigenvalue weighted by molar-refractivity contribution is -0.137. The number of hydrogen-bond donors (Lipinski definition) is 1. The molecular formula is C24H33N5O3. The molecule has 1 unspecified atom stereocenters. The van der Waals surface area contributed by atoms with Gasteiger partial charge in [0, 0.05) is 51.4 Å².